The first-order valence-corrected chi connectivity index (χ1v) is 7.47. The van der Waals surface area contributed by atoms with Crippen LogP contribution in [0.25, 0.3) is 0 Å². The second-order valence-corrected chi connectivity index (χ2v) is 5.97. The summed E-state index contributed by atoms with van der Waals surface area (Å²) < 4.78 is 5.43. The normalized spacial score (nSPS) is 28.2. The Labute approximate surface area is 108 Å². The fourth-order valence-electron chi connectivity index (χ4n) is 2.64. The lowest BCUT2D eigenvalue weighted by Gasteiger charge is -2.18. The lowest BCUT2D eigenvalue weighted by Crippen LogP contribution is -2.09. The summed E-state index contributed by atoms with van der Waals surface area (Å²) in [6.07, 6.45) is 10.4. The van der Waals surface area contributed by atoms with Crippen LogP contribution < -0.4 is 0 Å². The molecule has 0 N–H and O–H groups in total. The number of oxime groups is 1. The van der Waals surface area contributed by atoms with Crippen LogP contribution in [0.3, 0.4) is 0 Å². The third-order valence-electron chi connectivity index (χ3n) is 3.68. The monoisotopic (exact) mass is 252 g/mol. The van der Waals surface area contributed by atoms with Crippen molar-refractivity contribution in [2.24, 2.45) is 11.1 Å². The molecule has 0 aromatic heterocycles. The molecule has 0 radical (unpaired) electrons. The molecule has 17 heavy (non-hydrogen) atoms. The van der Waals surface area contributed by atoms with Crippen LogP contribution in [0.15, 0.2) is 5.16 Å². The molecule has 0 amide bonds. The molecule has 0 saturated heterocycles. The van der Waals surface area contributed by atoms with Crippen LogP contribution in [0, 0.1) is 17.2 Å². The highest BCUT2D eigenvalue weighted by molar-refractivity contribution is 7.95. The Morgan fingerprint density at radius 3 is 2.82 bits per heavy atom. The van der Waals surface area contributed by atoms with Gasteiger partial charge >= 0.3 is 0 Å². The van der Waals surface area contributed by atoms with Gasteiger partial charge in [0.15, 0.2) is 0 Å². The van der Waals surface area contributed by atoms with E-state index >= 15 is 0 Å². The topological polar surface area (TPSA) is 45.4 Å². The zero-order valence-corrected chi connectivity index (χ0v) is 11.0. The lowest BCUT2D eigenvalue weighted by molar-refractivity contribution is 0.386. The summed E-state index contributed by atoms with van der Waals surface area (Å²) in [5.41, 5.74) is 1.11. The Balaban J connectivity index is 1.73. The van der Waals surface area contributed by atoms with Gasteiger partial charge in [0.1, 0.15) is 0 Å². The molecule has 2 aliphatic carbocycles. The van der Waals surface area contributed by atoms with E-state index in [4.69, 9.17) is 9.55 Å². The maximum Gasteiger partial charge on any atom is 0.0910 e. The number of rotatable bonds is 4. The molecule has 4 heteroatoms. The quantitative estimate of drug-likeness (QED) is 0.560. The molecule has 2 saturated carbocycles. The minimum absolute atomic E-state index is 0.354. The van der Waals surface area contributed by atoms with Crippen LogP contribution in [0.1, 0.15) is 57.8 Å². The number of hydrogen-bond donors (Lipinski definition) is 0. The lowest BCUT2D eigenvalue weighted by atomic mass is 10.0. The summed E-state index contributed by atoms with van der Waals surface area (Å²) in [7, 11) is 0. The first-order valence-electron chi connectivity index (χ1n) is 6.66. The summed E-state index contributed by atoms with van der Waals surface area (Å²) in [5, 5.41) is 13.6. The zero-order chi connectivity index (χ0) is 11.9. The minimum Gasteiger partial charge on any atom is -0.322 e. The van der Waals surface area contributed by atoms with Crippen LogP contribution in [0.2, 0.25) is 0 Å². The molecule has 0 spiro atoms. The van der Waals surface area contributed by atoms with Crippen molar-refractivity contribution >= 4 is 17.8 Å². The Morgan fingerprint density at radius 1 is 1.24 bits per heavy atom. The van der Waals surface area contributed by atoms with E-state index < -0.39 is 0 Å². The van der Waals surface area contributed by atoms with Crippen molar-refractivity contribution in [3.8, 4) is 6.07 Å². The van der Waals surface area contributed by atoms with Gasteiger partial charge in [0, 0.05) is 17.6 Å². The molecule has 94 valence electrons. The van der Waals surface area contributed by atoms with Gasteiger partial charge in [-0.05, 0) is 32.1 Å². The van der Waals surface area contributed by atoms with Gasteiger partial charge < -0.3 is 4.28 Å². The molecule has 2 aliphatic rings. The number of nitriles is 1. The maximum atomic E-state index is 8.72. The summed E-state index contributed by atoms with van der Waals surface area (Å²) in [5.74, 6) is 0.354. The van der Waals surface area contributed by atoms with Crippen molar-refractivity contribution in [3.63, 3.8) is 0 Å². The van der Waals surface area contributed by atoms with E-state index in [0.29, 0.717) is 17.6 Å². The molecule has 1 unspecified atom stereocenters. The number of nitrogens with zero attached hydrogens (tertiary/aromatic N) is 2. The molecule has 2 rings (SSSR count). The molecule has 2 fully saturated rings. The fourth-order valence-corrected chi connectivity index (χ4v) is 3.43. The minimum atomic E-state index is 0.354. The fraction of sp³-hybridized carbons (Fsp3) is 0.846. The van der Waals surface area contributed by atoms with Gasteiger partial charge in [-0.15, -0.1) is 0 Å². The van der Waals surface area contributed by atoms with Crippen molar-refractivity contribution in [1.29, 1.82) is 5.26 Å². The van der Waals surface area contributed by atoms with Gasteiger partial charge in [-0.3, -0.25) is 0 Å². The second kappa shape index (κ2) is 6.90. The summed E-state index contributed by atoms with van der Waals surface area (Å²) in [6, 6.07) is 2.24. The highest BCUT2D eigenvalue weighted by Gasteiger charge is 2.23. The van der Waals surface area contributed by atoms with Crippen LogP contribution >= 0.6 is 12.0 Å². The van der Waals surface area contributed by atoms with E-state index in [2.05, 4.69) is 11.2 Å². The van der Waals surface area contributed by atoms with Crippen molar-refractivity contribution < 1.29 is 4.28 Å². The van der Waals surface area contributed by atoms with Crippen molar-refractivity contribution in [2.45, 2.75) is 63.0 Å². The third-order valence-corrected chi connectivity index (χ3v) is 4.58. The molecule has 0 heterocycles. The van der Waals surface area contributed by atoms with Crippen LogP contribution in [-0.2, 0) is 4.28 Å². The summed E-state index contributed by atoms with van der Waals surface area (Å²) >= 11 is 1.53. The Kier molecular flexibility index (Phi) is 5.18. The molecular weight excluding hydrogens is 232 g/mol. The first-order chi connectivity index (χ1) is 8.40. The van der Waals surface area contributed by atoms with Crippen molar-refractivity contribution in [2.75, 3.05) is 0 Å². The van der Waals surface area contributed by atoms with Crippen LogP contribution in [0.4, 0.5) is 0 Å². The van der Waals surface area contributed by atoms with E-state index in [1.165, 1.54) is 44.1 Å². The van der Waals surface area contributed by atoms with E-state index in [0.717, 1.165) is 25.0 Å². The molecule has 0 aromatic rings. The Hall–Kier alpha value is -0.690. The van der Waals surface area contributed by atoms with E-state index in [-0.39, 0.29) is 0 Å². The summed E-state index contributed by atoms with van der Waals surface area (Å²) in [4.78, 5) is 0. The largest absolute Gasteiger partial charge is 0.322 e. The molecular formula is C13H20N2OS. The number of hydrogen-bond acceptors (Lipinski definition) is 4. The van der Waals surface area contributed by atoms with Gasteiger partial charge in [0.25, 0.3) is 0 Å². The Bertz CT molecular complexity index is 305. The second-order valence-electron chi connectivity index (χ2n) is 4.96. The average Bonchev–Trinajstić information content (AvgIpc) is 2.79. The molecule has 0 bridgehead atoms. The predicted molar refractivity (Wildman–Crippen MR) is 70.6 cm³/mol. The van der Waals surface area contributed by atoms with Gasteiger partial charge in [-0.25, -0.2) is 0 Å². The maximum absolute atomic E-state index is 8.72. The van der Waals surface area contributed by atoms with Gasteiger partial charge in [0.05, 0.1) is 23.8 Å². The smallest absolute Gasteiger partial charge is 0.0910 e. The van der Waals surface area contributed by atoms with Crippen LogP contribution in [0.5, 0.6) is 0 Å². The van der Waals surface area contributed by atoms with Crippen LogP contribution in [-0.4, -0.2) is 11.0 Å². The van der Waals surface area contributed by atoms with Gasteiger partial charge in [0.2, 0.25) is 0 Å². The first kappa shape index (κ1) is 12.8. The Morgan fingerprint density at radius 2 is 2.06 bits per heavy atom. The highest BCUT2D eigenvalue weighted by atomic mass is 32.2. The zero-order valence-electron chi connectivity index (χ0n) is 10.2. The SMILES string of the molecule is N#CCC1CCC/C1=N\OSC1CCCCC1. The molecule has 3 nitrogen and oxygen atoms in total. The standard InChI is InChI=1S/C13H20N2OS/c14-10-9-11-5-4-8-13(11)15-16-17-12-6-2-1-3-7-12/h11-12H,1-9H2/b15-13+. The van der Waals surface area contributed by atoms with E-state index in [1.807, 2.05) is 0 Å². The van der Waals surface area contributed by atoms with Crippen molar-refractivity contribution in [3.05, 3.63) is 0 Å². The van der Waals surface area contributed by atoms with Gasteiger partial charge in [-0.1, -0.05) is 24.4 Å². The predicted octanol–water partition coefficient (Wildman–Crippen LogP) is 4.05. The van der Waals surface area contributed by atoms with Crippen molar-refractivity contribution in [1.82, 2.24) is 0 Å². The van der Waals surface area contributed by atoms with E-state index in [9.17, 15) is 0 Å². The summed E-state index contributed by atoms with van der Waals surface area (Å²) in [6.45, 7) is 0. The average molecular weight is 252 g/mol. The molecule has 0 aliphatic heterocycles. The highest BCUT2D eigenvalue weighted by Crippen LogP contribution is 2.30. The third kappa shape index (κ3) is 3.92. The molecule has 0 aromatic carbocycles. The van der Waals surface area contributed by atoms with E-state index in [1.54, 1.807) is 0 Å². The molecule has 1 atom stereocenters. The van der Waals surface area contributed by atoms with Gasteiger partial charge in [-0.2, -0.15) is 5.26 Å².